The van der Waals surface area contributed by atoms with E-state index in [4.69, 9.17) is 10.2 Å². The van der Waals surface area contributed by atoms with E-state index in [1.807, 2.05) is 34.6 Å². The smallest absolute Gasteiger partial charge is 0.108 e. The third-order valence-electron chi connectivity index (χ3n) is 7.23. The highest BCUT2D eigenvalue weighted by Gasteiger charge is 2.28. The van der Waals surface area contributed by atoms with Crippen LogP contribution < -0.4 is 0 Å². The molecule has 9 N–H and O–H groups in total. The second-order valence-corrected chi connectivity index (χ2v) is 9.90. The molecule has 0 rings (SSSR count). The molecule has 12 unspecified atom stereocenters. The maximum atomic E-state index is 9.53. The summed E-state index contributed by atoms with van der Waals surface area (Å²) in [6, 6.07) is 0. The van der Waals surface area contributed by atoms with Gasteiger partial charge in [-0.05, 0) is 50.4 Å². The van der Waals surface area contributed by atoms with Crippen molar-refractivity contribution in [2.75, 3.05) is 0 Å². The number of hydrogen-bond acceptors (Lipinski definition) is 9. The van der Waals surface area contributed by atoms with Gasteiger partial charge in [0.05, 0.1) is 42.7 Å². The topological polar surface area (TPSA) is 182 Å². The Kier molecular flexibility index (Phi) is 25.2. The summed E-state index contributed by atoms with van der Waals surface area (Å²) in [7, 11) is 0. The van der Waals surface area contributed by atoms with E-state index in [-0.39, 0.29) is 30.0 Å². The average molecular weight is 529 g/mol. The zero-order chi connectivity index (χ0) is 29.2. The van der Waals surface area contributed by atoms with E-state index in [0.717, 1.165) is 12.8 Å². The van der Waals surface area contributed by atoms with E-state index < -0.39 is 42.7 Å². The Morgan fingerprint density at radius 3 is 0.722 bits per heavy atom. The molecule has 36 heavy (non-hydrogen) atoms. The van der Waals surface area contributed by atoms with Gasteiger partial charge in [0, 0.05) is 5.92 Å². The van der Waals surface area contributed by atoms with E-state index >= 15 is 0 Å². The van der Waals surface area contributed by atoms with Crippen molar-refractivity contribution in [1.82, 2.24) is 0 Å². The molecule has 0 aliphatic rings. The molecule has 9 nitrogen and oxygen atoms in total. The van der Waals surface area contributed by atoms with Crippen molar-refractivity contribution in [3.05, 3.63) is 0 Å². The third kappa shape index (κ3) is 15.8. The van der Waals surface area contributed by atoms with E-state index in [1.165, 1.54) is 0 Å². The molecule has 0 amide bonds. The summed E-state index contributed by atoms with van der Waals surface area (Å²) in [5.74, 6) is 0.111. The lowest BCUT2D eigenvalue weighted by molar-refractivity contribution is -0.105. The minimum Gasteiger partial charge on any atom is -0.393 e. The van der Waals surface area contributed by atoms with Crippen LogP contribution in [-0.4, -0.2) is 101 Å². The molecule has 0 saturated heterocycles. The predicted molar refractivity (Wildman–Crippen MR) is 143 cm³/mol. The van der Waals surface area contributed by atoms with Gasteiger partial charge in [-0.25, -0.2) is 0 Å². The lowest BCUT2D eigenvalue weighted by atomic mass is 9.85. The molecule has 0 bridgehead atoms. The fraction of sp³-hybridized carbons (Fsp3) is 1.00. The first kappa shape index (κ1) is 40.1. The summed E-state index contributed by atoms with van der Waals surface area (Å²) in [6.07, 6.45) is -3.71. The number of hydrogen-bond donors (Lipinski definition) is 9. The number of rotatable bonds is 15. The first-order chi connectivity index (χ1) is 16.6. The van der Waals surface area contributed by atoms with Crippen molar-refractivity contribution in [2.24, 2.45) is 17.8 Å². The monoisotopic (exact) mass is 528 g/mol. The van der Waals surface area contributed by atoms with Crippen LogP contribution in [0.5, 0.6) is 0 Å². The van der Waals surface area contributed by atoms with Crippen LogP contribution in [0, 0.1) is 17.8 Å². The Balaban J connectivity index is -0.000000454. The van der Waals surface area contributed by atoms with Crippen LogP contribution >= 0.6 is 0 Å². The fourth-order valence-electron chi connectivity index (χ4n) is 3.57. The molecule has 0 fully saturated rings. The average Bonchev–Trinajstić information content (AvgIpc) is 2.92. The van der Waals surface area contributed by atoms with Gasteiger partial charge in [-0.15, -0.1) is 0 Å². The summed E-state index contributed by atoms with van der Waals surface area (Å²) in [6.45, 7) is 16.7. The molecule has 0 heterocycles. The van der Waals surface area contributed by atoms with Crippen LogP contribution in [-0.2, 0) is 0 Å². The fourth-order valence-corrected chi connectivity index (χ4v) is 3.57. The van der Waals surface area contributed by atoms with E-state index in [0.29, 0.717) is 25.7 Å². The first-order valence-corrected chi connectivity index (χ1v) is 13.7. The molecule has 0 aromatic rings. The quantitative estimate of drug-likeness (QED) is 0.152. The van der Waals surface area contributed by atoms with Crippen LogP contribution in [0.25, 0.3) is 0 Å². The summed E-state index contributed by atoms with van der Waals surface area (Å²) in [4.78, 5) is 0. The zero-order valence-corrected chi connectivity index (χ0v) is 24.2. The Labute approximate surface area is 219 Å². The molecular formula is C27H60O9. The molecule has 222 valence electrons. The maximum Gasteiger partial charge on any atom is 0.108 e. The molecule has 9 heteroatoms. The van der Waals surface area contributed by atoms with Crippen LogP contribution in [0.3, 0.4) is 0 Å². The lowest BCUT2D eigenvalue weighted by Gasteiger charge is -2.27. The van der Waals surface area contributed by atoms with E-state index in [2.05, 4.69) is 0 Å². The standard InChI is InChI=1S/C10H22O2.C9H20O3.C8H18O4/c1-5-9(11)7(3)8(4)10(12)6-2;1-4-7(10)6(3)9(12)8(11)5-2;1-3-5(9)7(11)8(12)6(10)4-2/h7-12H,5-6H2,1-4H3;6-12H,4-5H2,1-3H3;5-12H,3-4H2,1-2H3. The number of aliphatic hydroxyl groups excluding tert-OH is 9. The van der Waals surface area contributed by atoms with Crippen molar-refractivity contribution >= 4 is 0 Å². The molecule has 0 aromatic heterocycles. The second kappa shape index (κ2) is 22.6. The summed E-state index contributed by atoms with van der Waals surface area (Å²) in [5.41, 5.74) is 0. The Hall–Kier alpha value is -0.360. The highest BCUT2D eigenvalue weighted by atomic mass is 16.4. The Morgan fingerprint density at radius 1 is 0.306 bits per heavy atom. The van der Waals surface area contributed by atoms with Gasteiger partial charge in [-0.1, -0.05) is 62.3 Å². The van der Waals surface area contributed by atoms with Gasteiger partial charge in [0.15, 0.2) is 0 Å². The van der Waals surface area contributed by atoms with Crippen LogP contribution in [0.1, 0.15) is 101 Å². The van der Waals surface area contributed by atoms with Gasteiger partial charge < -0.3 is 46.0 Å². The Morgan fingerprint density at radius 2 is 0.500 bits per heavy atom. The van der Waals surface area contributed by atoms with Crippen LogP contribution in [0.15, 0.2) is 0 Å². The molecular weight excluding hydrogens is 468 g/mol. The van der Waals surface area contributed by atoms with Gasteiger partial charge in [0.2, 0.25) is 0 Å². The summed E-state index contributed by atoms with van der Waals surface area (Å²) < 4.78 is 0. The van der Waals surface area contributed by atoms with Gasteiger partial charge in [0.1, 0.15) is 12.2 Å². The van der Waals surface area contributed by atoms with Crippen LogP contribution in [0.2, 0.25) is 0 Å². The van der Waals surface area contributed by atoms with E-state index in [9.17, 15) is 35.7 Å². The largest absolute Gasteiger partial charge is 0.393 e. The lowest BCUT2D eigenvalue weighted by Crippen LogP contribution is -2.43. The van der Waals surface area contributed by atoms with Crippen molar-refractivity contribution in [1.29, 1.82) is 0 Å². The predicted octanol–water partition coefficient (Wildman–Crippen LogP) is 1.58. The number of aliphatic hydroxyl groups is 9. The third-order valence-corrected chi connectivity index (χ3v) is 7.23. The van der Waals surface area contributed by atoms with Crippen molar-refractivity contribution < 1.29 is 46.0 Å². The van der Waals surface area contributed by atoms with E-state index in [1.54, 1.807) is 27.7 Å². The van der Waals surface area contributed by atoms with Gasteiger partial charge in [-0.3, -0.25) is 0 Å². The van der Waals surface area contributed by atoms with Crippen LogP contribution in [0.4, 0.5) is 0 Å². The molecule has 0 radical (unpaired) electrons. The molecule has 0 saturated carbocycles. The summed E-state index contributed by atoms with van der Waals surface area (Å²) in [5, 5.41) is 83.9. The Bertz CT molecular complexity index is 374. The minimum atomic E-state index is -1.26. The van der Waals surface area contributed by atoms with Crippen molar-refractivity contribution in [3.63, 3.8) is 0 Å². The molecule has 12 atom stereocenters. The van der Waals surface area contributed by atoms with Gasteiger partial charge in [0.25, 0.3) is 0 Å². The zero-order valence-electron chi connectivity index (χ0n) is 24.2. The highest BCUT2D eigenvalue weighted by Crippen LogP contribution is 2.22. The van der Waals surface area contributed by atoms with Crippen molar-refractivity contribution in [2.45, 2.75) is 156 Å². The second-order valence-electron chi connectivity index (χ2n) is 9.90. The maximum absolute atomic E-state index is 9.53. The molecule has 0 aliphatic heterocycles. The molecule has 0 aliphatic carbocycles. The SMILES string of the molecule is CCC(O)C(C)C(C)C(O)CC.CCC(O)C(C)C(O)C(O)CC.CCC(O)C(O)C(O)C(O)CC. The first-order valence-electron chi connectivity index (χ1n) is 13.7. The van der Waals surface area contributed by atoms with Crippen molar-refractivity contribution in [3.8, 4) is 0 Å². The normalized spacial score (nSPS) is 21.5. The summed E-state index contributed by atoms with van der Waals surface area (Å²) >= 11 is 0. The molecule has 0 aromatic carbocycles. The van der Waals surface area contributed by atoms with Gasteiger partial charge in [-0.2, -0.15) is 0 Å². The minimum absolute atomic E-state index is 0.185. The highest BCUT2D eigenvalue weighted by molar-refractivity contribution is 4.79. The van der Waals surface area contributed by atoms with Gasteiger partial charge >= 0.3 is 0 Å². The molecule has 0 spiro atoms.